The van der Waals surface area contributed by atoms with Crippen LogP contribution in [-0.4, -0.2) is 20.6 Å². The highest BCUT2D eigenvalue weighted by atomic mass is 32.2. The van der Waals surface area contributed by atoms with Gasteiger partial charge in [-0.05, 0) is 12.1 Å². The number of nitrogens with one attached hydrogen (secondary N) is 1. The van der Waals surface area contributed by atoms with Crippen molar-refractivity contribution in [2.45, 2.75) is 17.7 Å². The van der Waals surface area contributed by atoms with Crippen LogP contribution in [0.5, 0.6) is 0 Å². The fourth-order valence-corrected chi connectivity index (χ4v) is 2.08. The number of hydrogen-bond donors (Lipinski definition) is 1. The molecule has 0 aliphatic rings. The van der Waals surface area contributed by atoms with Crippen molar-refractivity contribution in [3.63, 3.8) is 0 Å². The molecule has 0 atom stereocenters. The van der Waals surface area contributed by atoms with E-state index in [4.69, 9.17) is 0 Å². The zero-order valence-corrected chi connectivity index (χ0v) is 9.24. The molecular weight excluding hydrogens is 230 g/mol. The second-order valence-corrected chi connectivity index (χ2v) is 4.73. The minimum atomic E-state index is -3.81. The van der Waals surface area contributed by atoms with E-state index in [1.807, 2.05) is 4.72 Å². The average molecular weight is 241 g/mol. The Balaban J connectivity index is 2.73. The van der Waals surface area contributed by atoms with Gasteiger partial charge < -0.3 is 4.79 Å². The third-order valence-electron chi connectivity index (χ3n) is 1.79. The Bertz CT molecular complexity index is 467. The van der Waals surface area contributed by atoms with Gasteiger partial charge in [0, 0.05) is 12.8 Å². The molecule has 86 valence electrons. The normalized spacial score (nSPS) is 10.8. The fraction of sp³-hybridized carbons (Fsp3) is 0.200. The van der Waals surface area contributed by atoms with Gasteiger partial charge in [-0.1, -0.05) is 18.2 Å². The summed E-state index contributed by atoms with van der Waals surface area (Å²) in [7, 11) is -3.81. The summed E-state index contributed by atoms with van der Waals surface area (Å²) in [6.07, 6.45) is 0.445. The highest BCUT2D eigenvalue weighted by Gasteiger charge is 2.16. The molecular formula is C10H11NO4S. The van der Waals surface area contributed by atoms with Gasteiger partial charge in [0.1, 0.15) is 6.29 Å². The first kappa shape index (κ1) is 12.4. The highest BCUT2D eigenvalue weighted by molar-refractivity contribution is 7.90. The van der Waals surface area contributed by atoms with E-state index in [2.05, 4.69) is 0 Å². The fourth-order valence-electron chi connectivity index (χ4n) is 1.05. The monoisotopic (exact) mass is 241 g/mol. The first-order chi connectivity index (χ1) is 7.56. The van der Waals surface area contributed by atoms with E-state index in [1.54, 1.807) is 18.2 Å². The van der Waals surface area contributed by atoms with Crippen LogP contribution in [0.3, 0.4) is 0 Å². The number of amides is 1. The maximum absolute atomic E-state index is 11.6. The van der Waals surface area contributed by atoms with E-state index in [1.165, 1.54) is 12.1 Å². The van der Waals surface area contributed by atoms with Gasteiger partial charge in [0.05, 0.1) is 4.90 Å². The smallest absolute Gasteiger partial charge is 0.264 e. The molecule has 0 saturated carbocycles. The maximum atomic E-state index is 11.6. The summed E-state index contributed by atoms with van der Waals surface area (Å²) in [5, 5.41) is 0. The lowest BCUT2D eigenvalue weighted by molar-refractivity contribution is -0.121. The van der Waals surface area contributed by atoms with E-state index in [0.717, 1.165) is 0 Å². The summed E-state index contributed by atoms with van der Waals surface area (Å²) in [6, 6.07) is 7.56. The van der Waals surface area contributed by atoms with Crippen LogP contribution in [0.15, 0.2) is 35.2 Å². The predicted molar refractivity (Wildman–Crippen MR) is 57.1 cm³/mol. The Kier molecular flexibility index (Phi) is 4.19. The van der Waals surface area contributed by atoms with Crippen LogP contribution in [0.1, 0.15) is 12.8 Å². The molecule has 5 nitrogen and oxygen atoms in total. The third kappa shape index (κ3) is 3.47. The van der Waals surface area contributed by atoms with Crippen molar-refractivity contribution >= 4 is 22.2 Å². The zero-order chi connectivity index (χ0) is 12.0. The van der Waals surface area contributed by atoms with Crippen molar-refractivity contribution < 1.29 is 18.0 Å². The van der Waals surface area contributed by atoms with E-state index >= 15 is 0 Å². The summed E-state index contributed by atoms with van der Waals surface area (Å²) in [5.74, 6) is -0.684. The summed E-state index contributed by atoms with van der Waals surface area (Å²) in [6.45, 7) is 0. The lowest BCUT2D eigenvalue weighted by atomic mass is 10.3. The lowest BCUT2D eigenvalue weighted by Crippen LogP contribution is -2.30. The Morgan fingerprint density at radius 1 is 1.25 bits per heavy atom. The second-order valence-electron chi connectivity index (χ2n) is 3.05. The van der Waals surface area contributed by atoms with Crippen LogP contribution in [0.4, 0.5) is 0 Å². The molecule has 6 heteroatoms. The van der Waals surface area contributed by atoms with E-state index < -0.39 is 15.9 Å². The van der Waals surface area contributed by atoms with Gasteiger partial charge in [-0.3, -0.25) is 4.79 Å². The predicted octanol–water partition coefficient (Wildman–Crippen LogP) is 0.471. The molecule has 0 bridgehead atoms. The minimum absolute atomic E-state index is 0.0101. The molecule has 0 fully saturated rings. The maximum Gasteiger partial charge on any atom is 0.264 e. The van der Waals surface area contributed by atoms with E-state index in [9.17, 15) is 18.0 Å². The van der Waals surface area contributed by atoms with Crippen LogP contribution in [0.2, 0.25) is 0 Å². The third-order valence-corrected chi connectivity index (χ3v) is 3.18. The van der Waals surface area contributed by atoms with Crippen molar-refractivity contribution in [1.82, 2.24) is 4.72 Å². The summed E-state index contributed by atoms with van der Waals surface area (Å²) in [5.41, 5.74) is 0. The largest absolute Gasteiger partial charge is 0.303 e. The summed E-state index contributed by atoms with van der Waals surface area (Å²) >= 11 is 0. The number of hydrogen-bond acceptors (Lipinski definition) is 4. The quantitative estimate of drug-likeness (QED) is 0.760. The molecule has 0 aliphatic heterocycles. The Morgan fingerprint density at radius 3 is 2.44 bits per heavy atom. The molecule has 16 heavy (non-hydrogen) atoms. The molecule has 0 aromatic heterocycles. The second kappa shape index (κ2) is 5.41. The van der Waals surface area contributed by atoms with Gasteiger partial charge in [-0.2, -0.15) is 0 Å². The van der Waals surface area contributed by atoms with Crippen molar-refractivity contribution in [3.05, 3.63) is 30.3 Å². The summed E-state index contributed by atoms with van der Waals surface area (Å²) < 4.78 is 25.1. The molecule has 1 amide bonds. The first-order valence-electron chi connectivity index (χ1n) is 4.60. The lowest BCUT2D eigenvalue weighted by Gasteiger charge is -2.05. The van der Waals surface area contributed by atoms with E-state index in [-0.39, 0.29) is 17.7 Å². The molecule has 1 aromatic rings. The van der Waals surface area contributed by atoms with Crippen LogP contribution < -0.4 is 4.72 Å². The van der Waals surface area contributed by atoms with Crippen molar-refractivity contribution in [1.29, 1.82) is 0 Å². The molecule has 0 saturated heterocycles. The van der Waals surface area contributed by atoms with Gasteiger partial charge in [-0.15, -0.1) is 0 Å². The van der Waals surface area contributed by atoms with Crippen molar-refractivity contribution in [3.8, 4) is 0 Å². The zero-order valence-electron chi connectivity index (χ0n) is 8.42. The molecule has 0 unspecified atom stereocenters. The summed E-state index contributed by atoms with van der Waals surface area (Å²) in [4.78, 5) is 21.2. The number of sulfonamides is 1. The number of benzene rings is 1. The molecule has 1 N–H and O–H groups in total. The molecule has 0 spiro atoms. The van der Waals surface area contributed by atoms with Crippen molar-refractivity contribution in [2.75, 3.05) is 0 Å². The Morgan fingerprint density at radius 2 is 1.88 bits per heavy atom. The van der Waals surface area contributed by atoms with Gasteiger partial charge in [0.2, 0.25) is 5.91 Å². The van der Waals surface area contributed by atoms with Gasteiger partial charge in [0.25, 0.3) is 10.0 Å². The number of aldehydes is 1. The van der Waals surface area contributed by atoms with Crippen LogP contribution in [-0.2, 0) is 19.6 Å². The Hall–Kier alpha value is -1.69. The number of carbonyl (C=O) groups is 2. The van der Waals surface area contributed by atoms with Crippen LogP contribution in [0.25, 0.3) is 0 Å². The first-order valence-corrected chi connectivity index (χ1v) is 6.09. The van der Waals surface area contributed by atoms with E-state index in [0.29, 0.717) is 6.29 Å². The van der Waals surface area contributed by atoms with Crippen LogP contribution in [0, 0.1) is 0 Å². The standard InChI is InChI=1S/C10H11NO4S/c12-8-4-7-10(13)11-16(14,15)9-5-2-1-3-6-9/h1-3,5-6,8H,4,7H2,(H,11,13). The molecule has 1 rings (SSSR count). The molecule has 0 radical (unpaired) electrons. The van der Waals surface area contributed by atoms with Crippen molar-refractivity contribution in [2.24, 2.45) is 0 Å². The molecule has 1 aromatic carbocycles. The van der Waals surface area contributed by atoms with Crippen LogP contribution >= 0.6 is 0 Å². The van der Waals surface area contributed by atoms with Gasteiger partial charge in [0.15, 0.2) is 0 Å². The van der Waals surface area contributed by atoms with Gasteiger partial charge in [-0.25, -0.2) is 13.1 Å². The highest BCUT2D eigenvalue weighted by Crippen LogP contribution is 2.07. The molecule has 0 aliphatic carbocycles. The number of rotatable bonds is 5. The Labute approximate surface area is 93.5 Å². The number of carbonyl (C=O) groups excluding carboxylic acids is 2. The molecule has 0 heterocycles. The van der Waals surface area contributed by atoms with Gasteiger partial charge >= 0.3 is 0 Å². The average Bonchev–Trinajstić information content (AvgIpc) is 2.27. The SMILES string of the molecule is O=CCCC(=O)NS(=O)(=O)c1ccccc1. The minimum Gasteiger partial charge on any atom is -0.303 e. The topological polar surface area (TPSA) is 80.3 Å².